The lowest BCUT2D eigenvalue weighted by Crippen LogP contribution is -2.47. The van der Waals surface area contributed by atoms with Gasteiger partial charge in [0.25, 0.3) is 0 Å². The van der Waals surface area contributed by atoms with Gasteiger partial charge in [-0.2, -0.15) is 0 Å². The number of rotatable bonds is 3. The van der Waals surface area contributed by atoms with Crippen LogP contribution in [-0.4, -0.2) is 53.9 Å². The minimum atomic E-state index is 0.167. The summed E-state index contributed by atoms with van der Waals surface area (Å²) >= 11 is 0. The lowest BCUT2D eigenvalue weighted by Gasteiger charge is -2.31. The number of nitrogens with zero attached hydrogens (tertiary/aromatic N) is 2. The fourth-order valence-corrected chi connectivity index (χ4v) is 3.19. The molecule has 2 fully saturated rings. The standard InChI is InChI=1S/C12H24N4/c1-2-11(12(13)14)16-8-4-7-15-6-3-5-10(15)9-16/h10-11H,2-9H2,1H3,(H3,13,14). The normalized spacial score (nSPS) is 29.7. The van der Waals surface area contributed by atoms with Gasteiger partial charge in [0.1, 0.15) is 5.84 Å². The highest BCUT2D eigenvalue weighted by molar-refractivity contribution is 5.82. The van der Waals surface area contributed by atoms with Crippen molar-refractivity contribution >= 4 is 5.84 Å². The zero-order valence-electron chi connectivity index (χ0n) is 10.3. The van der Waals surface area contributed by atoms with Crippen molar-refractivity contribution in [3.8, 4) is 0 Å². The molecule has 4 nitrogen and oxygen atoms in total. The molecule has 0 amide bonds. The summed E-state index contributed by atoms with van der Waals surface area (Å²) in [5.74, 6) is 0.342. The van der Waals surface area contributed by atoms with E-state index in [2.05, 4.69) is 16.7 Å². The van der Waals surface area contributed by atoms with Gasteiger partial charge in [-0.15, -0.1) is 0 Å². The highest BCUT2D eigenvalue weighted by Crippen LogP contribution is 2.22. The molecule has 2 saturated heterocycles. The molecule has 0 saturated carbocycles. The van der Waals surface area contributed by atoms with Crippen LogP contribution in [-0.2, 0) is 0 Å². The summed E-state index contributed by atoms with van der Waals surface area (Å²) in [7, 11) is 0. The van der Waals surface area contributed by atoms with Gasteiger partial charge in [-0.1, -0.05) is 6.92 Å². The van der Waals surface area contributed by atoms with Crippen LogP contribution in [0.5, 0.6) is 0 Å². The van der Waals surface area contributed by atoms with Crippen LogP contribution in [0.2, 0.25) is 0 Å². The van der Waals surface area contributed by atoms with Crippen molar-refractivity contribution in [3.63, 3.8) is 0 Å². The molecular formula is C12H24N4. The van der Waals surface area contributed by atoms with Crippen molar-refractivity contribution in [2.45, 2.75) is 44.7 Å². The first-order valence-corrected chi connectivity index (χ1v) is 6.54. The van der Waals surface area contributed by atoms with Crippen LogP contribution in [0.1, 0.15) is 32.6 Å². The van der Waals surface area contributed by atoms with E-state index in [-0.39, 0.29) is 6.04 Å². The molecule has 4 heteroatoms. The Morgan fingerprint density at radius 1 is 1.38 bits per heavy atom. The summed E-state index contributed by atoms with van der Waals surface area (Å²) in [5.41, 5.74) is 5.69. The van der Waals surface area contributed by atoms with Crippen LogP contribution in [0.4, 0.5) is 0 Å². The van der Waals surface area contributed by atoms with Gasteiger partial charge in [0.2, 0.25) is 0 Å². The van der Waals surface area contributed by atoms with E-state index < -0.39 is 0 Å². The second-order valence-corrected chi connectivity index (χ2v) is 5.06. The molecule has 92 valence electrons. The maximum Gasteiger partial charge on any atom is 0.108 e. The smallest absolute Gasteiger partial charge is 0.108 e. The molecule has 0 aromatic rings. The van der Waals surface area contributed by atoms with Crippen molar-refractivity contribution in [1.82, 2.24) is 9.80 Å². The number of amidine groups is 1. The minimum Gasteiger partial charge on any atom is -0.386 e. The Bertz CT molecular complexity index is 253. The molecule has 2 aliphatic heterocycles. The number of hydrogen-bond acceptors (Lipinski definition) is 3. The van der Waals surface area contributed by atoms with Crippen molar-refractivity contribution in [1.29, 1.82) is 5.41 Å². The predicted molar refractivity (Wildman–Crippen MR) is 66.8 cm³/mol. The average molecular weight is 224 g/mol. The van der Waals surface area contributed by atoms with Crippen molar-refractivity contribution in [3.05, 3.63) is 0 Å². The van der Waals surface area contributed by atoms with E-state index in [0.717, 1.165) is 25.6 Å². The molecule has 2 unspecified atom stereocenters. The zero-order valence-corrected chi connectivity index (χ0v) is 10.3. The topological polar surface area (TPSA) is 56.4 Å². The molecule has 0 aliphatic carbocycles. The third-order valence-electron chi connectivity index (χ3n) is 4.02. The fourth-order valence-electron chi connectivity index (χ4n) is 3.19. The summed E-state index contributed by atoms with van der Waals surface area (Å²) < 4.78 is 0. The van der Waals surface area contributed by atoms with E-state index in [4.69, 9.17) is 11.1 Å². The van der Waals surface area contributed by atoms with Gasteiger partial charge in [-0.3, -0.25) is 15.2 Å². The lowest BCUT2D eigenvalue weighted by atomic mass is 10.1. The van der Waals surface area contributed by atoms with Gasteiger partial charge in [-0.25, -0.2) is 0 Å². The van der Waals surface area contributed by atoms with Gasteiger partial charge in [0.15, 0.2) is 0 Å². The van der Waals surface area contributed by atoms with Crippen LogP contribution in [0.3, 0.4) is 0 Å². The van der Waals surface area contributed by atoms with E-state index in [1.54, 1.807) is 0 Å². The van der Waals surface area contributed by atoms with E-state index >= 15 is 0 Å². The maximum absolute atomic E-state index is 7.67. The number of nitrogens with two attached hydrogens (primary N) is 1. The Balaban J connectivity index is 2.01. The van der Waals surface area contributed by atoms with Crippen LogP contribution < -0.4 is 5.73 Å². The van der Waals surface area contributed by atoms with Gasteiger partial charge < -0.3 is 5.73 Å². The first-order valence-electron chi connectivity index (χ1n) is 6.54. The molecule has 2 heterocycles. The summed E-state index contributed by atoms with van der Waals surface area (Å²) in [6.07, 6.45) is 4.85. The van der Waals surface area contributed by atoms with Crippen LogP contribution in [0.15, 0.2) is 0 Å². The van der Waals surface area contributed by atoms with Gasteiger partial charge >= 0.3 is 0 Å². The van der Waals surface area contributed by atoms with E-state index in [1.165, 1.54) is 32.4 Å². The molecule has 16 heavy (non-hydrogen) atoms. The molecule has 2 aliphatic rings. The fraction of sp³-hybridized carbons (Fsp3) is 0.917. The Morgan fingerprint density at radius 3 is 2.81 bits per heavy atom. The molecule has 0 radical (unpaired) electrons. The predicted octanol–water partition coefficient (Wildman–Crippen LogP) is 0.871. The number of fused-ring (bicyclic) bond motifs is 1. The summed E-state index contributed by atoms with van der Waals surface area (Å²) in [6.45, 7) is 6.84. The first-order chi connectivity index (χ1) is 7.72. The van der Waals surface area contributed by atoms with Gasteiger partial charge in [0.05, 0.1) is 6.04 Å². The van der Waals surface area contributed by atoms with Crippen molar-refractivity contribution < 1.29 is 0 Å². The molecule has 0 aromatic heterocycles. The quantitative estimate of drug-likeness (QED) is 0.552. The second kappa shape index (κ2) is 5.15. The summed E-state index contributed by atoms with van der Waals surface area (Å²) in [5, 5.41) is 7.67. The summed E-state index contributed by atoms with van der Waals surface area (Å²) in [4.78, 5) is 5.05. The monoisotopic (exact) mass is 224 g/mol. The Labute approximate surface area is 98.3 Å². The van der Waals surface area contributed by atoms with E-state index in [1.807, 2.05) is 0 Å². The molecular weight excluding hydrogens is 200 g/mol. The van der Waals surface area contributed by atoms with E-state index in [9.17, 15) is 0 Å². The molecule has 2 rings (SSSR count). The molecule has 0 spiro atoms. The molecule has 3 N–H and O–H groups in total. The first kappa shape index (κ1) is 11.9. The third-order valence-corrected chi connectivity index (χ3v) is 4.02. The lowest BCUT2D eigenvalue weighted by molar-refractivity contribution is 0.199. The Morgan fingerprint density at radius 2 is 2.12 bits per heavy atom. The van der Waals surface area contributed by atoms with Crippen LogP contribution in [0.25, 0.3) is 0 Å². The maximum atomic E-state index is 7.67. The molecule has 0 aromatic carbocycles. The van der Waals surface area contributed by atoms with Gasteiger partial charge in [0, 0.05) is 19.1 Å². The Hall–Kier alpha value is -0.610. The number of nitrogens with one attached hydrogen (secondary N) is 1. The highest BCUT2D eigenvalue weighted by Gasteiger charge is 2.31. The SMILES string of the molecule is CCC(C(=N)N)N1CCCN2CCCC2C1. The third kappa shape index (κ3) is 2.38. The van der Waals surface area contributed by atoms with Crippen molar-refractivity contribution in [2.24, 2.45) is 5.73 Å². The zero-order chi connectivity index (χ0) is 11.5. The molecule has 2 atom stereocenters. The van der Waals surface area contributed by atoms with Crippen LogP contribution >= 0.6 is 0 Å². The summed E-state index contributed by atoms with van der Waals surface area (Å²) in [6, 6.07) is 0.886. The minimum absolute atomic E-state index is 0.167. The highest BCUT2D eigenvalue weighted by atomic mass is 15.3. The molecule has 0 bridgehead atoms. The van der Waals surface area contributed by atoms with E-state index in [0.29, 0.717) is 5.84 Å². The van der Waals surface area contributed by atoms with Crippen molar-refractivity contribution in [2.75, 3.05) is 26.2 Å². The largest absolute Gasteiger partial charge is 0.386 e. The van der Waals surface area contributed by atoms with Gasteiger partial charge in [-0.05, 0) is 38.8 Å². The second-order valence-electron chi connectivity index (χ2n) is 5.06. The number of hydrogen-bond donors (Lipinski definition) is 2. The Kier molecular flexibility index (Phi) is 3.82. The average Bonchev–Trinajstić information content (AvgIpc) is 2.58. The van der Waals surface area contributed by atoms with Crippen LogP contribution in [0, 0.1) is 5.41 Å².